The summed E-state index contributed by atoms with van der Waals surface area (Å²) in [6.07, 6.45) is 21.3. The fourth-order valence-electron chi connectivity index (χ4n) is 3.73. The van der Waals surface area contributed by atoms with Gasteiger partial charge in [0.1, 0.15) is 6.10 Å². The molecule has 0 saturated heterocycles. The van der Waals surface area contributed by atoms with Crippen molar-refractivity contribution in [1.82, 2.24) is 0 Å². The number of carboxylic acids is 1. The highest BCUT2D eigenvalue weighted by Gasteiger charge is 2.17. The van der Waals surface area contributed by atoms with Crippen LogP contribution in [0, 0.1) is 0 Å². The first kappa shape index (κ1) is 27.9. The van der Waals surface area contributed by atoms with Crippen LogP contribution >= 0.6 is 0 Å². The summed E-state index contributed by atoms with van der Waals surface area (Å²) in [4.78, 5) is 23.0. The average molecular weight is 413 g/mol. The van der Waals surface area contributed by atoms with Gasteiger partial charge >= 0.3 is 11.9 Å². The molecule has 172 valence electrons. The van der Waals surface area contributed by atoms with E-state index in [2.05, 4.69) is 13.8 Å². The number of carbonyl (C=O) groups is 2. The molecule has 4 heteroatoms. The van der Waals surface area contributed by atoms with E-state index in [-0.39, 0.29) is 12.4 Å². The van der Waals surface area contributed by atoms with Gasteiger partial charge in [0.25, 0.3) is 0 Å². The molecule has 0 aliphatic carbocycles. The van der Waals surface area contributed by atoms with Crippen molar-refractivity contribution < 1.29 is 19.4 Å². The predicted octanol–water partition coefficient (Wildman–Crippen LogP) is 7.82. The summed E-state index contributed by atoms with van der Waals surface area (Å²) in [5.74, 6) is -1.11. The molecule has 0 fully saturated rings. The monoisotopic (exact) mass is 412 g/mol. The van der Waals surface area contributed by atoms with Gasteiger partial charge in [0, 0.05) is 6.42 Å². The van der Waals surface area contributed by atoms with Gasteiger partial charge in [-0.25, -0.2) is 0 Å². The molecule has 4 nitrogen and oxygen atoms in total. The van der Waals surface area contributed by atoms with Crippen molar-refractivity contribution in [2.24, 2.45) is 0 Å². The van der Waals surface area contributed by atoms with Crippen molar-refractivity contribution in [3.05, 3.63) is 0 Å². The lowest BCUT2D eigenvalue weighted by atomic mass is 10.0. The van der Waals surface area contributed by atoms with Crippen molar-refractivity contribution in [2.45, 2.75) is 148 Å². The molecule has 0 spiro atoms. The molecule has 0 aliphatic heterocycles. The Balaban J connectivity index is 3.65. The topological polar surface area (TPSA) is 63.6 Å². The van der Waals surface area contributed by atoms with E-state index in [0.717, 1.165) is 25.7 Å². The number of hydrogen-bond donors (Lipinski definition) is 1. The fourth-order valence-corrected chi connectivity index (χ4v) is 3.73. The first-order valence-corrected chi connectivity index (χ1v) is 12.5. The van der Waals surface area contributed by atoms with Crippen molar-refractivity contribution in [3.8, 4) is 0 Å². The molecular weight excluding hydrogens is 364 g/mol. The first-order valence-electron chi connectivity index (χ1n) is 12.5. The van der Waals surface area contributed by atoms with Crippen LogP contribution in [-0.2, 0) is 14.3 Å². The van der Waals surface area contributed by atoms with E-state index in [9.17, 15) is 9.59 Å². The minimum Gasteiger partial charge on any atom is -0.481 e. The Labute approximate surface area is 180 Å². The second-order valence-electron chi connectivity index (χ2n) is 8.55. The highest BCUT2D eigenvalue weighted by Crippen LogP contribution is 2.15. The molecule has 29 heavy (non-hydrogen) atoms. The minimum absolute atomic E-state index is 0.0715. The molecule has 0 saturated carbocycles. The van der Waals surface area contributed by atoms with Crippen molar-refractivity contribution >= 4 is 11.9 Å². The Hall–Kier alpha value is -1.06. The zero-order chi connectivity index (χ0) is 21.6. The Morgan fingerprint density at radius 3 is 1.52 bits per heavy atom. The van der Waals surface area contributed by atoms with Crippen molar-refractivity contribution in [3.63, 3.8) is 0 Å². The summed E-state index contributed by atoms with van der Waals surface area (Å²) in [5.41, 5.74) is 0. The number of esters is 1. The third kappa shape index (κ3) is 21.5. The van der Waals surface area contributed by atoms with E-state index in [1.165, 1.54) is 83.5 Å². The van der Waals surface area contributed by atoms with E-state index < -0.39 is 12.1 Å². The summed E-state index contributed by atoms with van der Waals surface area (Å²) >= 11 is 0. The molecular formula is C25H48O4. The van der Waals surface area contributed by atoms with Crippen LogP contribution in [-0.4, -0.2) is 23.1 Å². The quantitative estimate of drug-likeness (QED) is 0.145. The third-order valence-corrected chi connectivity index (χ3v) is 5.56. The minimum atomic E-state index is -0.887. The van der Waals surface area contributed by atoms with Crippen molar-refractivity contribution in [1.29, 1.82) is 0 Å². The number of carbonyl (C=O) groups excluding carboxylic acids is 1. The summed E-state index contributed by atoms with van der Waals surface area (Å²) in [5, 5.41) is 9.03. The lowest BCUT2D eigenvalue weighted by molar-refractivity contribution is -0.153. The number of rotatable bonds is 22. The van der Waals surface area contributed by atoms with Crippen LogP contribution in [0.1, 0.15) is 142 Å². The normalized spacial score (nSPS) is 12.1. The largest absolute Gasteiger partial charge is 0.481 e. The zero-order valence-electron chi connectivity index (χ0n) is 19.4. The summed E-state index contributed by atoms with van der Waals surface area (Å²) in [6.45, 7) is 4.42. The van der Waals surface area contributed by atoms with Gasteiger partial charge in [0.2, 0.25) is 0 Å². The van der Waals surface area contributed by atoms with Gasteiger partial charge < -0.3 is 9.84 Å². The number of ether oxygens (including phenoxy) is 1. The molecule has 1 unspecified atom stereocenters. The van der Waals surface area contributed by atoms with Gasteiger partial charge in [-0.15, -0.1) is 0 Å². The summed E-state index contributed by atoms with van der Waals surface area (Å²) in [7, 11) is 0. The Morgan fingerprint density at radius 1 is 0.655 bits per heavy atom. The molecule has 0 aromatic heterocycles. The van der Waals surface area contributed by atoms with Crippen LogP contribution < -0.4 is 0 Å². The highest BCUT2D eigenvalue weighted by molar-refractivity contribution is 5.71. The average Bonchev–Trinajstić information content (AvgIpc) is 2.68. The SMILES string of the molecule is CCCCCCCCCCCCCCC(=O)OC(CCCCCCC)CC(=O)O. The van der Waals surface area contributed by atoms with E-state index in [4.69, 9.17) is 9.84 Å². The Bertz CT molecular complexity index is 381. The first-order chi connectivity index (χ1) is 14.1. The second kappa shape index (κ2) is 21.6. The smallest absolute Gasteiger partial charge is 0.307 e. The van der Waals surface area contributed by atoms with Gasteiger partial charge in [-0.1, -0.05) is 110 Å². The van der Waals surface area contributed by atoms with Gasteiger partial charge in [-0.2, -0.15) is 0 Å². The second-order valence-corrected chi connectivity index (χ2v) is 8.55. The molecule has 0 heterocycles. The lowest BCUT2D eigenvalue weighted by Crippen LogP contribution is -2.21. The van der Waals surface area contributed by atoms with Crippen LogP contribution in [0.4, 0.5) is 0 Å². The standard InChI is InChI=1S/C25H48O4/c1-3-5-7-9-10-11-12-13-14-15-17-19-21-25(28)29-23(22-24(26)27)20-18-16-8-6-4-2/h23H,3-22H2,1-2H3,(H,26,27). The van der Waals surface area contributed by atoms with Crippen LogP contribution in [0.15, 0.2) is 0 Å². The van der Waals surface area contributed by atoms with Crippen LogP contribution in [0.2, 0.25) is 0 Å². The molecule has 0 aromatic rings. The van der Waals surface area contributed by atoms with E-state index in [1.807, 2.05) is 0 Å². The molecule has 0 aliphatic rings. The van der Waals surface area contributed by atoms with Gasteiger partial charge in [0.15, 0.2) is 0 Å². The molecule has 1 N–H and O–H groups in total. The van der Waals surface area contributed by atoms with Gasteiger partial charge in [-0.3, -0.25) is 9.59 Å². The summed E-state index contributed by atoms with van der Waals surface area (Å²) < 4.78 is 5.45. The third-order valence-electron chi connectivity index (χ3n) is 5.56. The lowest BCUT2D eigenvalue weighted by Gasteiger charge is -2.16. The van der Waals surface area contributed by atoms with E-state index in [0.29, 0.717) is 12.8 Å². The van der Waals surface area contributed by atoms with Gasteiger partial charge in [-0.05, 0) is 19.3 Å². The molecule has 0 amide bonds. The van der Waals surface area contributed by atoms with Crippen LogP contribution in [0.5, 0.6) is 0 Å². The molecule has 0 rings (SSSR count). The Morgan fingerprint density at radius 2 is 1.07 bits per heavy atom. The fraction of sp³-hybridized carbons (Fsp3) is 0.920. The number of aliphatic carboxylic acids is 1. The molecule has 0 aromatic carbocycles. The molecule has 0 radical (unpaired) electrons. The van der Waals surface area contributed by atoms with E-state index in [1.54, 1.807) is 0 Å². The Kier molecular flexibility index (Phi) is 20.9. The maximum absolute atomic E-state index is 12.0. The maximum atomic E-state index is 12.0. The number of hydrogen-bond acceptors (Lipinski definition) is 3. The zero-order valence-corrected chi connectivity index (χ0v) is 19.4. The predicted molar refractivity (Wildman–Crippen MR) is 121 cm³/mol. The number of unbranched alkanes of at least 4 members (excludes halogenated alkanes) is 15. The van der Waals surface area contributed by atoms with Crippen LogP contribution in [0.25, 0.3) is 0 Å². The van der Waals surface area contributed by atoms with Gasteiger partial charge in [0.05, 0.1) is 6.42 Å². The van der Waals surface area contributed by atoms with E-state index >= 15 is 0 Å². The summed E-state index contributed by atoms with van der Waals surface area (Å²) in [6, 6.07) is 0. The maximum Gasteiger partial charge on any atom is 0.307 e. The molecule has 0 bridgehead atoms. The van der Waals surface area contributed by atoms with Crippen molar-refractivity contribution in [2.75, 3.05) is 0 Å². The number of carboxylic acid groups (broad SMARTS) is 1. The van der Waals surface area contributed by atoms with Crippen LogP contribution in [0.3, 0.4) is 0 Å². The highest BCUT2D eigenvalue weighted by atomic mass is 16.5. The molecule has 1 atom stereocenters.